The molecule has 0 aliphatic heterocycles. The maximum atomic E-state index is 12.7. The SMILES string of the molecule is CC(N(C)S(=O)(=O)c1ccc(CCCCl)cc1)C(C)(C)C. The van der Waals surface area contributed by atoms with Crippen molar-refractivity contribution in [2.45, 2.75) is 51.5 Å². The van der Waals surface area contributed by atoms with E-state index in [2.05, 4.69) is 0 Å². The summed E-state index contributed by atoms with van der Waals surface area (Å²) in [5.41, 5.74) is 1.00. The van der Waals surface area contributed by atoms with E-state index in [-0.39, 0.29) is 11.5 Å². The van der Waals surface area contributed by atoms with Crippen LogP contribution in [0.1, 0.15) is 39.7 Å². The Hall–Kier alpha value is -0.580. The first-order valence-electron chi connectivity index (χ1n) is 7.23. The number of aryl methyl sites for hydroxylation is 1. The summed E-state index contributed by atoms with van der Waals surface area (Å²) in [4.78, 5) is 0.343. The van der Waals surface area contributed by atoms with Crippen molar-refractivity contribution >= 4 is 21.6 Å². The average molecular weight is 332 g/mol. The van der Waals surface area contributed by atoms with E-state index in [0.717, 1.165) is 18.4 Å². The monoisotopic (exact) mass is 331 g/mol. The maximum Gasteiger partial charge on any atom is 0.243 e. The van der Waals surface area contributed by atoms with Gasteiger partial charge in [-0.3, -0.25) is 0 Å². The van der Waals surface area contributed by atoms with Gasteiger partial charge in [0, 0.05) is 19.0 Å². The van der Waals surface area contributed by atoms with Gasteiger partial charge in [-0.2, -0.15) is 4.31 Å². The van der Waals surface area contributed by atoms with Gasteiger partial charge in [-0.1, -0.05) is 32.9 Å². The van der Waals surface area contributed by atoms with Crippen LogP contribution in [0.3, 0.4) is 0 Å². The average Bonchev–Trinajstić information content (AvgIpc) is 2.42. The van der Waals surface area contributed by atoms with E-state index in [0.29, 0.717) is 10.8 Å². The Bertz CT molecular complexity index is 547. The van der Waals surface area contributed by atoms with Gasteiger partial charge in [0.05, 0.1) is 4.90 Å². The molecule has 0 heterocycles. The molecule has 0 spiro atoms. The van der Waals surface area contributed by atoms with E-state index in [1.54, 1.807) is 19.2 Å². The van der Waals surface area contributed by atoms with Crippen LogP contribution in [0.5, 0.6) is 0 Å². The molecule has 5 heteroatoms. The highest BCUT2D eigenvalue weighted by Crippen LogP contribution is 2.27. The van der Waals surface area contributed by atoms with E-state index in [1.807, 2.05) is 39.8 Å². The Labute approximate surface area is 134 Å². The van der Waals surface area contributed by atoms with Gasteiger partial charge >= 0.3 is 0 Å². The molecule has 1 aromatic carbocycles. The smallest absolute Gasteiger partial charge is 0.207 e. The summed E-state index contributed by atoms with van der Waals surface area (Å²) in [5.74, 6) is 0.617. The van der Waals surface area contributed by atoms with Gasteiger partial charge in [0.15, 0.2) is 0 Å². The van der Waals surface area contributed by atoms with Crippen molar-refractivity contribution in [2.75, 3.05) is 12.9 Å². The van der Waals surface area contributed by atoms with Crippen LogP contribution < -0.4 is 0 Å². The standard InChI is InChI=1S/C16H26ClNO2S/c1-13(16(2,3)4)18(5)21(19,20)15-10-8-14(9-11-15)7-6-12-17/h8-11,13H,6-7,12H2,1-5H3. The maximum absolute atomic E-state index is 12.7. The number of sulfonamides is 1. The molecule has 0 amide bonds. The molecule has 3 nitrogen and oxygen atoms in total. The molecular weight excluding hydrogens is 306 g/mol. The minimum Gasteiger partial charge on any atom is -0.207 e. The number of alkyl halides is 1. The molecule has 0 N–H and O–H groups in total. The summed E-state index contributed by atoms with van der Waals surface area (Å²) in [7, 11) is -1.81. The first kappa shape index (κ1) is 18.5. The van der Waals surface area contributed by atoms with Crippen LogP contribution in [-0.2, 0) is 16.4 Å². The zero-order valence-electron chi connectivity index (χ0n) is 13.6. The van der Waals surface area contributed by atoms with Gasteiger partial charge in [0.1, 0.15) is 0 Å². The summed E-state index contributed by atoms with van der Waals surface area (Å²) >= 11 is 5.67. The molecule has 0 saturated carbocycles. The van der Waals surface area contributed by atoms with Gasteiger partial charge < -0.3 is 0 Å². The highest BCUT2D eigenvalue weighted by Gasteiger charge is 2.32. The predicted molar refractivity (Wildman–Crippen MR) is 89.3 cm³/mol. The Kier molecular flexibility index (Phi) is 6.26. The van der Waals surface area contributed by atoms with Crippen molar-refractivity contribution in [1.29, 1.82) is 0 Å². The number of hydrogen-bond acceptors (Lipinski definition) is 2. The number of nitrogens with zero attached hydrogens (tertiary/aromatic N) is 1. The van der Waals surface area contributed by atoms with Crippen LogP contribution in [0.2, 0.25) is 0 Å². The van der Waals surface area contributed by atoms with E-state index in [9.17, 15) is 8.42 Å². The first-order chi connectivity index (χ1) is 9.60. The van der Waals surface area contributed by atoms with Gasteiger partial charge in [-0.05, 0) is 42.9 Å². The Balaban J connectivity index is 2.97. The van der Waals surface area contributed by atoms with Crippen molar-refractivity contribution < 1.29 is 8.42 Å². The minimum atomic E-state index is -3.45. The molecule has 1 atom stereocenters. The normalized spacial score (nSPS) is 14.4. The van der Waals surface area contributed by atoms with E-state index >= 15 is 0 Å². The number of halogens is 1. The summed E-state index contributed by atoms with van der Waals surface area (Å²) in [6.45, 7) is 8.06. The van der Waals surface area contributed by atoms with Crippen LogP contribution in [0.15, 0.2) is 29.2 Å². The molecule has 0 bridgehead atoms. The van der Waals surface area contributed by atoms with Crippen molar-refractivity contribution in [2.24, 2.45) is 5.41 Å². The van der Waals surface area contributed by atoms with E-state index in [1.165, 1.54) is 4.31 Å². The zero-order valence-corrected chi connectivity index (χ0v) is 15.1. The van der Waals surface area contributed by atoms with Crippen molar-refractivity contribution in [3.63, 3.8) is 0 Å². The third-order valence-corrected chi connectivity index (χ3v) is 6.21. The topological polar surface area (TPSA) is 37.4 Å². The molecule has 1 rings (SSSR count). The Morgan fingerprint density at radius 2 is 1.71 bits per heavy atom. The largest absolute Gasteiger partial charge is 0.243 e. The fourth-order valence-corrected chi connectivity index (χ4v) is 3.70. The second kappa shape index (κ2) is 7.12. The Morgan fingerprint density at radius 3 is 2.14 bits per heavy atom. The molecule has 0 fully saturated rings. The lowest BCUT2D eigenvalue weighted by Gasteiger charge is -2.34. The van der Waals surface area contributed by atoms with E-state index < -0.39 is 10.0 Å². The third kappa shape index (κ3) is 4.70. The molecule has 1 aromatic rings. The molecule has 1 unspecified atom stereocenters. The van der Waals surface area contributed by atoms with Gasteiger partial charge in [-0.25, -0.2) is 8.42 Å². The first-order valence-corrected chi connectivity index (χ1v) is 9.21. The van der Waals surface area contributed by atoms with Gasteiger partial charge in [0.25, 0.3) is 0 Å². The van der Waals surface area contributed by atoms with Crippen LogP contribution in [0.25, 0.3) is 0 Å². The fourth-order valence-electron chi connectivity index (χ4n) is 2.02. The lowest BCUT2D eigenvalue weighted by molar-refractivity contribution is 0.216. The second-order valence-electron chi connectivity index (χ2n) is 6.50. The lowest BCUT2D eigenvalue weighted by Crippen LogP contribution is -2.42. The van der Waals surface area contributed by atoms with Gasteiger partial charge in [0.2, 0.25) is 10.0 Å². The molecule has 0 radical (unpaired) electrons. The van der Waals surface area contributed by atoms with Crippen LogP contribution in [0.4, 0.5) is 0 Å². The third-order valence-electron chi connectivity index (χ3n) is 4.00. The summed E-state index contributed by atoms with van der Waals surface area (Å²) in [5, 5.41) is 0. The molecule has 0 saturated heterocycles. The summed E-state index contributed by atoms with van der Waals surface area (Å²) in [6.07, 6.45) is 1.77. The number of benzene rings is 1. The minimum absolute atomic E-state index is 0.0848. The highest BCUT2D eigenvalue weighted by atomic mass is 35.5. The highest BCUT2D eigenvalue weighted by molar-refractivity contribution is 7.89. The second-order valence-corrected chi connectivity index (χ2v) is 8.88. The van der Waals surface area contributed by atoms with Crippen LogP contribution >= 0.6 is 11.6 Å². The lowest BCUT2D eigenvalue weighted by atomic mass is 9.88. The summed E-state index contributed by atoms with van der Waals surface area (Å²) < 4.78 is 26.8. The van der Waals surface area contributed by atoms with Gasteiger partial charge in [-0.15, -0.1) is 11.6 Å². The predicted octanol–water partition coefficient (Wildman–Crippen LogP) is 3.91. The summed E-state index contributed by atoms with van der Waals surface area (Å²) in [6, 6.07) is 7.03. The quantitative estimate of drug-likeness (QED) is 0.741. The molecule has 21 heavy (non-hydrogen) atoms. The molecule has 0 aromatic heterocycles. The Morgan fingerprint density at radius 1 is 1.19 bits per heavy atom. The molecule has 120 valence electrons. The van der Waals surface area contributed by atoms with Crippen LogP contribution in [0, 0.1) is 5.41 Å². The fraction of sp³-hybridized carbons (Fsp3) is 0.625. The number of hydrogen-bond donors (Lipinski definition) is 0. The van der Waals surface area contributed by atoms with Crippen molar-refractivity contribution in [3.8, 4) is 0 Å². The van der Waals surface area contributed by atoms with E-state index in [4.69, 9.17) is 11.6 Å². The molecule has 0 aliphatic rings. The molecule has 0 aliphatic carbocycles. The van der Waals surface area contributed by atoms with Crippen molar-refractivity contribution in [3.05, 3.63) is 29.8 Å². The molecular formula is C16H26ClNO2S. The zero-order chi connectivity index (χ0) is 16.3. The number of rotatable bonds is 6. The van der Waals surface area contributed by atoms with Crippen LogP contribution in [-0.4, -0.2) is 31.7 Å². The van der Waals surface area contributed by atoms with Crippen molar-refractivity contribution in [1.82, 2.24) is 4.31 Å².